The normalized spacial score (nSPS) is 12.2. The number of pyridine rings is 1. The Morgan fingerprint density at radius 2 is 1.20 bits per heavy atom. The lowest BCUT2D eigenvalue weighted by molar-refractivity contribution is 0.00471. The van der Waals surface area contributed by atoms with Crippen LogP contribution in [-0.4, -0.2) is 11.6 Å². The van der Waals surface area contributed by atoms with Crippen molar-refractivity contribution in [3.8, 4) is 6.07 Å². The van der Waals surface area contributed by atoms with Gasteiger partial charge in [-0.2, -0.15) is 5.26 Å². The molecular weight excluding hydrogens is 428 g/mol. The van der Waals surface area contributed by atoms with E-state index in [0.29, 0.717) is 13.0 Å². The van der Waals surface area contributed by atoms with E-state index in [2.05, 4.69) is 53.5 Å². The first kappa shape index (κ1) is 22.5. The molecule has 0 aliphatic rings. The summed E-state index contributed by atoms with van der Waals surface area (Å²) in [6.07, 6.45) is 2.17. The molecule has 1 heterocycles. The average Bonchev–Trinajstić information content (AvgIpc) is 2.94. The minimum absolute atomic E-state index is 0.108. The first-order chi connectivity index (χ1) is 17.3. The molecule has 0 unspecified atom stereocenters. The van der Waals surface area contributed by atoms with Crippen molar-refractivity contribution >= 4 is 10.9 Å². The van der Waals surface area contributed by atoms with Crippen LogP contribution in [0, 0.1) is 11.3 Å². The van der Waals surface area contributed by atoms with Crippen molar-refractivity contribution in [3.05, 3.63) is 150 Å². The van der Waals surface area contributed by atoms with Gasteiger partial charge < -0.3 is 4.74 Å². The lowest BCUT2D eigenvalue weighted by Gasteiger charge is -2.37. The highest BCUT2D eigenvalue weighted by Gasteiger charge is 2.38. The fourth-order valence-corrected chi connectivity index (χ4v) is 4.84. The summed E-state index contributed by atoms with van der Waals surface area (Å²) in [6, 6.07) is 43.5. The molecule has 1 aromatic heterocycles. The monoisotopic (exact) mass is 454 g/mol. The molecule has 3 heteroatoms. The third-order valence-corrected chi connectivity index (χ3v) is 6.50. The predicted octanol–water partition coefficient (Wildman–Crippen LogP) is 7.24. The van der Waals surface area contributed by atoms with Crippen molar-refractivity contribution in [2.24, 2.45) is 0 Å². The largest absolute Gasteiger partial charge is 0.360 e. The molecule has 5 aromatic rings. The molecule has 0 aliphatic heterocycles. The van der Waals surface area contributed by atoms with Crippen LogP contribution in [0.4, 0.5) is 0 Å². The van der Waals surface area contributed by atoms with Crippen LogP contribution in [0.25, 0.3) is 10.9 Å². The zero-order valence-corrected chi connectivity index (χ0v) is 19.4. The Kier molecular flexibility index (Phi) is 6.66. The van der Waals surface area contributed by atoms with E-state index in [-0.39, 0.29) is 5.92 Å². The minimum Gasteiger partial charge on any atom is -0.360 e. The molecule has 4 aromatic carbocycles. The van der Waals surface area contributed by atoms with Gasteiger partial charge in [-0.3, -0.25) is 4.98 Å². The van der Waals surface area contributed by atoms with E-state index in [1.807, 2.05) is 85.1 Å². The van der Waals surface area contributed by atoms with Gasteiger partial charge in [0.05, 0.1) is 18.2 Å². The van der Waals surface area contributed by atoms with Crippen LogP contribution >= 0.6 is 0 Å². The second kappa shape index (κ2) is 10.3. The van der Waals surface area contributed by atoms with Crippen molar-refractivity contribution < 1.29 is 4.74 Å². The van der Waals surface area contributed by atoms with Crippen molar-refractivity contribution in [3.63, 3.8) is 0 Å². The van der Waals surface area contributed by atoms with Crippen molar-refractivity contribution in [1.82, 2.24) is 4.98 Å². The summed E-state index contributed by atoms with van der Waals surface area (Å²) >= 11 is 0. The van der Waals surface area contributed by atoms with Gasteiger partial charge in [0, 0.05) is 23.9 Å². The maximum atomic E-state index is 9.73. The van der Waals surface area contributed by atoms with E-state index >= 15 is 0 Å². The molecule has 1 atom stereocenters. The molecular formula is C32H26N2O. The molecule has 170 valence electrons. The third-order valence-electron chi connectivity index (χ3n) is 6.50. The Hall–Kier alpha value is -4.26. The van der Waals surface area contributed by atoms with Crippen LogP contribution < -0.4 is 0 Å². The summed E-state index contributed by atoms with van der Waals surface area (Å²) in [4.78, 5) is 4.51. The van der Waals surface area contributed by atoms with Crippen LogP contribution in [0.5, 0.6) is 0 Å². The van der Waals surface area contributed by atoms with E-state index in [4.69, 9.17) is 4.74 Å². The van der Waals surface area contributed by atoms with Gasteiger partial charge in [-0.15, -0.1) is 0 Å². The number of hydrogen-bond donors (Lipinski definition) is 0. The molecule has 0 radical (unpaired) electrons. The van der Waals surface area contributed by atoms with Gasteiger partial charge in [0.25, 0.3) is 0 Å². The number of hydrogen-bond acceptors (Lipinski definition) is 3. The summed E-state index contributed by atoms with van der Waals surface area (Å²) < 4.78 is 7.03. The Balaban J connectivity index is 1.64. The first-order valence-electron chi connectivity index (χ1n) is 11.8. The fourth-order valence-electron chi connectivity index (χ4n) is 4.84. The van der Waals surface area contributed by atoms with E-state index in [9.17, 15) is 5.26 Å². The number of para-hydroxylation sites is 1. The van der Waals surface area contributed by atoms with Crippen LogP contribution in [0.15, 0.2) is 128 Å². The smallest absolute Gasteiger partial charge is 0.143 e. The number of nitriles is 1. The first-order valence-corrected chi connectivity index (χ1v) is 11.8. The fraction of sp³-hybridized carbons (Fsp3) is 0.125. The molecule has 0 saturated heterocycles. The highest BCUT2D eigenvalue weighted by Crippen LogP contribution is 2.42. The van der Waals surface area contributed by atoms with Gasteiger partial charge in [0.15, 0.2) is 0 Å². The Labute approximate surface area is 206 Å². The maximum Gasteiger partial charge on any atom is 0.143 e. The predicted molar refractivity (Wildman–Crippen MR) is 140 cm³/mol. The Morgan fingerprint density at radius 1 is 0.686 bits per heavy atom. The number of ether oxygens (including phenoxy) is 1. The van der Waals surface area contributed by atoms with Gasteiger partial charge >= 0.3 is 0 Å². The van der Waals surface area contributed by atoms with Gasteiger partial charge in [-0.05, 0) is 34.4 Å². The highest BCUT2D eigenvalue weighted by molar-refractivity contribution is 5.82. The van der Waals surface area contributed by atoms with Gasteiger partial charge in [0.1, 0.15) is 5.60 Å². The topological polar surface area (TPSA) is 45.9 Å². The van der Waals surface area contributed by atoms with Gasteiger partial charge in [-0.1, -0.05) is 109 Å². The summed E-state index contributed by atoms with van der Waals surface area (Å²) in [5.74, 6) is -0.108. The van der Waals surface area contributed by atoms with E-state index in [0.717, 1.165) is 33.2 Å². The number of aromatic nitrogens is 1. The van der Waals surface area contributed by atoms with Crippen molar-refractivity contribution in [2.45, 2.75) is 17.9 Å². The molecule has 0 N–H and O–H groups in total. The number of benzene rings is 4. The number of rotatable bonds is 8. The van der Waals surface area contributed by atoms with Crippen molar-refractivity contribution in [2.75, 3.05) is 6.61 Å². The second-order valence-corrected chi connectivity index (χ2v) is 8.57. The summed E-state index contributed by atoms with van der Waals surface area (Å²) in [6.45, 7) is 0.375. The Morgan fingerprint density at radius 3 is 1.74 bits per heavy atom. The quantitative estimate of drug-likeness (QED) is 0.232. The molecule has 0 amide bonds. The standard InChI is InChI=1S/C32H26N2O/c33-22-20-25(29-21-23-34-31-19-11-10-18-30(29)31)24-35-32(26-12-4-1-5-13-26,27-14-6-2-7-15-27)28-16-8-3-9-17-28/h1-19,21,23,25H,20,24H2/t25-/m1/s1. The molecule has 0 fully saturated rings. The molecule has 35 heavy (non-hydrogen) atoms. The van der Waals surface area contributed by atoms with Gasteiger partial charge in [0.2, 0.25) is 0 Å². The number of fused-ring (bicyclic) bond motifs is 1. The molecule has 0 bridgehead atoms. The van der Waals surface area contributed by atoms with E-state index in [1.165, 1.54) is 0 Å². The molecule has 3 nitrogen and oxygen atoms in total. The van der Waals surface area contributed by atoms with E-state index < -0.39 is 5.60 Å². The lowest BCUT2D eigenvalue weighted by Crippen LogP contribution is -2.34. The van der Waals surface area contributed by atoms with E-state index in [1.54, 1.807) is 0 Å². The SMILES string of the molecule is N#CC[C@H](COC(c1ccccc1)(c1ccccc1)c1ccccc1)c1ccnc2ccccc12. The van der Waals surface area contributed by atoms with Crippen molar-refractivity contribution in [1.29, 1.82) is 5.26 Å². The Bertz CT molecular complexity index is 1320. The van der Waals surface area contributed by atoms with Crippen LogP contribution in [0.1, 0.15) is 34.6 Å². The maximum absolute atomic E-state index is 9.73. The molecule has 0 aliphatic carbocycles. The summed E-state index contributed by atoms with van der Waals surface area (Å²) in [5.41, 5.74) is 4.34. The zero-order valence-electron chi connectivity index (χ0n) is 19.4. The molecule has 0 spiro atoms. The molecule has 5 rings (SSSR count). The van der Waals surface area contributed by atoms with Crippen LogP contribution in [-0.2, 0) is 10.3 Å². The second-order valence-electron chi connectivity index (χ2n) is 8.57. The average molecular weight is 455 g/mol. The number of nitrogens with zero attached hydrogens (tertiary/aromatic N) is 2. The third kappa shape index (κ3) is 4.45. The molecule has 0 saturated carbocycles. The lowest BCUT2D eigenvalue weighted by atomic mass is 9.80. The summed E-state index contributed by atoms with van der Waals surface area (Å²) in [7, 11) is 0. The minimum atomic E-state index is -0.819. The van der Waals surface area contributed by atoms with Crippen LogP contribution in [0.2, 0.25) is 0 Å². The highest BCUT2D eigenvalue weighted by atomic mass is 16.5. The van der Waals surface area contributed by atoms with Gasteiger partial charge in [-0.25, -0.2) is 0 Å². The zero-order chi connectivity index (χ0) is 23.9. The summed E-state index contributed by atoms with van der Waals surface area (Å²) in [5, 5.41) is 10.8. The van der Waals surface area contributed by atoms with Crippen LogP contribution in [0.3, 0.4) is 0 Å².